The molecule has 0 aliphatic rings. The standard InChI is InChI=1S/C17H23N3O2/c1-12(2)9-16(17(21)22)18-10-14-11-20(19-13(14)3)15-7-5-4-6-8-15/h4-8,11-12,16,18H,9-10H2,1-3H3,(H,21,22)/t16-/m1/s1. The summed E-state index contributed by atoms with van der Waals surface area (Å²) in [5.41, 5.74) is 2.91. The Morgan fingerprint density at radius 1 is 1.32 bits per heavy atom. The molecule has 0 spiro atoms. The van der Waals surface area contributed by atoms with Crippen molar-refractivity contribution >= 4 is 5.97 Å². The molecule has 1 aromatic heterocycles. The first-order valence-corrected chi connectivity index (χ1v) is 7.54. The highest BCUT2D eigenvalue weighted by Crippen LogP contribution is 2.13. The van der Waals surface area contributed by atoms with E-state index in [2.05, 4.69) is 10.4 Å². The van der Waals surface area contributed by atoms with E-state index in [0.29, 0.717) is 18.9 Å². The molecule has 2 N–H and O–H groups in total. The molecule has 2 rings (SSSR count). The minimum absolute atomic E-state index is 0.335. The lowest BCUT2D eigenvalue weighted by molar-refractivity contribution is -0.140. The molecule has 22 heavy (non-hydrogen) atoms. The van der Waals surface area contributed by atoms with Gasteiger partial charge in [-0.3, -0.25) is 4.79 Å². The largest absolute Gasteiger partial charge is 0.480 e. The van der Waals surface area contributed by atoms with Crippen molar-refractivity contribution in [2.45, 2.75) is 39.8 Å². The second-order valence-corrected chi connectivity index (χ2v) is 5.92. The number of carboxylic acids is 1. The number of rotatable bonds is 7. The first-order chi connectivity index (χ1) is 10.5. The van der Waals surface area contributed by atoms with Crippen LogP contribution in [-0.4, -0.2) is 26.9 Å². The topological polar surface area (TPSA) is 67.2 Å². The zero-order valence-electron chi connectivity index (χ0n) is 13.3. The number of nitrogens with zero attached hydrogens (tertiary/aromatic N) is 2. The van der Waals surface area contributed by atoms with Crippen LogP contribution < -0.4 is 5.32 Å². The average Bonchev–Trinajstić information content (AvgIpc) is 2.85. The molecular weight excluding hydrogens is 278 g/mol. The predicted molar refractivity (Wildman–Crippen MR) is 86.0 cm³/mol. The van der Waals surface area contributed by atoms with Crippen molar-refractivity contribution in [3.8, 4) is 5.69 Å². The van der Waals surface area contributed by atoms with Gasteiger partial charge in [-0.1, -0.05) is 32.0 Å². The van der Waals surface area contributed by atoms with Crippen molar-refractivity contribution in [2.24, 2.45) is 5.92 Å². The Morgan fingerprint density at radius 2 is 2.00 bits per heavy atom. The summed E-state index contributed by atoms with van der Waals surface area (Å²) >= 11 is 0. The third kappa shape index (κ3) is 4.18. The van der Waals surface area contributed by atoms with Gasteiger partial charge in [0.15, 0.2) is 0 Å². The molecule has 5 heteroatoms. The maximum Gasteiger partial charge on any atom is 0.320 e. The minimum atomic E-state index is -0.804. The highest BCUT2D eigenvalue weighted by Gasteiger charge is 2.18. The molecule has 5 nitrogen and oxygen atoms in total. The van der Waals surface area contributed by atoms with Crippen LogP contribution in [0.4, 0.5) is 0 Å². The molecule has 0 aliphatic carbocycles. The average molecular weight is 301 g/mol. The van der Waals surface area contributed by atoms with E-state index < -0.39 is 12.0 Å². The summed E-state index contributed by atoms with van der Waals surface area (Å²) in [7, 11) is 0. The van der Waals surface area contributed by atoms with Crippen molar-refractivity contribution < 1.29 is 9.90 Å². The van der Waals surface area contributed by atoms with Gasteiger partial charge in [0.05, 0.1) is 11.4 Å². The van der Waals surface area contributed by atoms with Crippen LogP contribution in [0.3, 0.4) is 0 Å². The van der Waals surface area contributed by atoms with Crippen LogP contribution in [0.5, 0.6) is 0 Å². The van der Waals surface area contributed by atoms with E-state index in [1.165, 1.54) is 0 Å². The third-order valence-corrected chi connectivity index (χ3v) is 3.57. The molecule has 1 heterocycles. The molecule has 2 aromatic rings. The van der Waals surface area contributed by atoms with Crippen molar-refractivity contribution in [1.82, 2.24) is 15.1 Å². The highest BCUT2D eigenvalue weighted by molar-refractivity contribution is 5.73. The summed E-state index contributed by atoms with van der Waals surface area (Å²) in [4.78, 5) is 11.3. The monoisotopic (exact) mass is 301 g/mol. The number of nitrogens with one attached hydrogen (secondary N) is 1. The second kappa shape index (κ2) is 7.22. The zero-order chi connectivity index (χ0) is 16.1. The van der Waals surface area contributed by atoms with Gasteiger partial charge in [-0.25, -0.2) is 4.68 Å². The van der Waals surface area contributed by atoms with Crippen LogP contribution in [0.25, 0.3) is 5.69 Å². The van der Waals surface area contributed by atoms with E-state index in [-0.39, 0.29) is 0 Å². The first-order valence-electron chi connectivity index (χ1n) is 7.54. The Balaban J connectivity index is 2.07. The summed E-state index contributed by atoms with van der Waals surface area (Å²) < 4.78 is 1.82. The third-order valence-electron chi connectivity index (χ3n) is 3.57. The van der Waals surface area contributed by atoms with E-state index in [1.807, 2.05) is 62.0 Å². The number of carbonyl (C=O) groups is 1. The molecule has 118 valence electrons. The van der Waals surface area contributed by atoms with Crippen molar-refractivity contribution in [3.05, 3.63) is 47.8 Å². The van der Waals surface area contributed by atoms with Gasteiger partial charge in [0.2, 0.25) is 0 Å². The molecule has 0 saturated heterocycles. The summed E-state index contributed by atoms with van der Waals surface area (Å²) in [6.45, 7) is 6.49. The van der Waals surface area contributed by atoms with Crippen LogP contribution in [-0.2, 0) is 11.3 Å². The van der Waals surface area contributed by atoms with Gasteiger partial charge in [-0.05, 0) is 31.4 Å². The fourth-order valence-corrected chi connectivity index (χ4v) is 2.36. The van der Waals surface area contributed by atoms with Gasteiger partial charge in [-0.15, -0.1) is 0 Å². The summed E-state index contributed by atoms with van der Waals surface area (Å²) in [6, 6.07) is 9.34. The molecule has 1 aromatic carbocycles. The Bertz CT molecular complexity index is 620. The van der Waals surface area contributed by atoms with E-state index >= 15 is 0 Å². The second-order valence-electron chi connectivity index (χ2n) is 5.92. The molecule has 0 radical (unpaired) electrons. The van der Waals surface area contributed by atoms with Gasteiger partial charge in [0, 0.05) is 18.3 Å². The maximum atomic E-state index is 11.3. The zero-order valence-corrected chi connectivity index (χ0v) is 13.3. The normalized spacial score (nSPS) is 12.5. The lowest BCUT2D eigenvalue weighted by Gasteiger charge is -2.16. The fraction of sp³-hybridized carbons (Fsp3) is 0.412. The number of aromatic nitrogens is 2. The first kappa shape index (κ1) is 16.2. The molecule has 0 aliphatic heterocycles. The summed E-state index contributed by atoms with van der Waals surface area (Å²) in [5, 5.41) is 16.9. The van der Waals surface area contributed by atoms with Gasteiger partial charge in [-0.2, -0.15) is 5.10 Å². The molecule has 0 amide bonds. The van der Waals surface area contributed by atoms with E-state index in [1.54, 1.807) is 0 Å². The van der Waals surface area contributed by atoms with Gasteiger partial charge >= 0.3 is 5.97 Å². The van der Waals surface area contributed by atoms with Crippen LogP contribution in [0.15, 0.2) is 36.5 Å². The number of aryl methyl sites for hydroxylation is 1. The Hall–Kier alpha value is -2.14. The number of benzene rings is 1. The van der Waals surface area contributed by atoms with E-state index in [0.717, 1.165) is 16.9 Å². The van der Waals surface area contributed by atoms with Crippen LogP contribution in [0, 0.1) is 12.8 Å². The summed E-state index contributed by atoms with van der Waals surface area (Å²) in [5.74, 6) is -0.469. The van der Waals surface area contributed by atoms with Crippen LogP contribution in [0.2, 0.25) is 0 Å². The summed E-state index contributed by atoms with van der Waals surface area (Å²) in [6.07, 6.45) is 2.56. The van der Waals surface area contributed by atoms with Crippen LogP contribution in [0.1, 0.15) is 31.5 Å². The Labute approximate surface area is 131 Å². The van der Waals surface area contributed by atoms with E-state index in [9.17, 15) is 9.90 Å². The number of para-hydroxylation sites is 1. The minimum Gasteiger partial charge on any atom is -0.480 e. The molecule has 0 unspecified atom stereocenters. The lowest BCUT2D eigenvalue weighted by Crippen LogP contribution is -2.37. The number of hydrogen-bond acceptors (Lipinski definition) is 3. The molecule has 1 atom stereocenters. The quantitative estimate of drug-likeness (QED) is 0.825. The number of carboxylic acid groups (broad SMARTS) is 1. The van der Waals surface area contributed by atoms with Gasteiger partial charge in [0.25, 0.3) is 0 Å². The Morgan fingerprint density at radius 3 is 2.59 bits per heavy atom. The smallest absolute Gasteiger partial charge is 0.320 e. The fourth-order valence-electron chi connectivity index (χ4n) is 2.36. The SMILES string of the molecule is Cc1nn(-c2ccccc2)cc1CN[C@H](CC(C)C)C(=O)O. The lowest BCUT2D eigenvalue weighted by atomic mass is 10.0. The number of aliphatic carboxylic acids is 1. The number of hydrogen-bond donors (Lipinski definition) is 2. The van der Waals surface area contributed by atoms with Crippen LogP contribution >= 0.6 is 0 Å². The van der Waals surface area contributed by atoms with Gasteiger partial charge < -0.3 is 10.4 Å². The van der Waals surface area contributed by atoms with Crippen molar-refractivity contribution in [2.75, 3.05) is 0 Å². The predicted octanol–water partition coefficient (Wildman–Crippen LogP) is 2.77. The Kier molecular flexibility index (Phi) is 5.33. The van der Waals surface area contributed by atoms with Crippen molar-refractivity contribution in [3.63, 3.8) is 0 Å². The molecule has 0 bridgehead atoms. The molecular formula is C17H23N3O2. The highest BCUT2D eigenvalue weighted by atomic mass is 16.4. The maximum absolute atomic E-state index is 11.3. The van der Waals surface area contributed by atoms with Crippen molar-refractivity contribution in [1.29, 1.82) is 0 Å². The molecule has 0 saturated carbocycles. The molecule has 0 fully saturated rings. The van der Waals surface area contributed by atoms with E-state index in [4.69, 9.17) is 0 Å². The van der Waals surface area contributed by atoms with Gasteiger partial charge in [0.1, 0.15) is 6.04 Å².